The largest absolute Gasteiger partial charge is 0.508 e. The van der Waals surface area contributed by atoms with E-state index in [4.69, 9.17) is 38.2 Å². The summed E-state index contributed by atoms with van der Waals surface area (Å²) in [6, 6.07) is 10.4. The molecule has 0 bridgehead atoms. The van der Waals surface area contributed by atoms with Crippen LogP contribution in [0.2, 0.25) is 10.0 Å². The van der Waals surface area contributed by atoms with E-state index < -0.39 is 6.16 Å². The van der Waals surface area contributed by atoms with Crippen molar-refractivity contribution in [1.82, 2.24) is 0 Å². The summed E-state index contributed by atoms with van der Waals surface area (Å²) in [5.41, 5.74) is 0. The van der Waals surface area contributed by atoms with Crippen LogP contribution in [0.15, 0.2) is 36.4 Å². The number of rotatable bonds is 3. The lowest BCUT2D eigenvalue weighted by molar-refractivity contribution is 0.131. The van der Waals surface area contributed by atoms with Gasteiger partial charge in [0.05, 0.1) is 13.7 Å². The second-order valence-electron chi connectivity index (χ2n) is 4.69. The molecule has 2 N–H and O–H groups in total. The first-order valence-electron chi connectivity index (χ1n) is 7.45. The van der Waals surface area contributed by atoms with Crippen molar-refractivity contribution in [1.29, 1.82) is 0 Å². The van der Waals surface area contributed by atoms with Gasteiger partial charge in [0.25, 0.3) is 0 Å². The van der Waals surface area contributed by atoms with Gasteiger partial charge in [-0.1, -0.05) is 23.2 Å². The van der Waals surface area contributed by atoms with Gasteiger partial charge in [0.2, 0.25) is 0 Å². The molecule has 0 amide bonds. The minimum absolute atomic E-state index is 0.0165. The van der Waals surface area contributed by atoms with E-state index in [-0.39, 0.29) is 12.4 Å². The molecule has 1 fully saturated rings. The summed E-state index contributed by atoms with van der Waals surface area (Å²) in [5.74, 6) is 0.959. The maximum atomic E-state index is 9.80. The molecule has 27 heavy (non-hydrogen) atoms. The molecule has 2 aromatic carbocycles. The highest BCUT2D eigenvalue weighted by molar-refractivity contribution is 14.1. The van der Waals surface area contributed by atoms with Crippen molar-refractivity contribution in [2.45, 2.75) is 0 Å². The Labute approximate surface area is 194 Å². The first-order chi connectivity index (χ1) is 12.8. The second kappa shape index (κ2) is 13.5. The van der Waals surface area contributed by atoms with E-state index in [1.54, 1.807) is 24.3 Å². The third-order valence-corrected chi connectivity index (χ3v) is 4.95. The Balaban J connectivity index is 0.000000214. The molecule has 1 aliphatic heterocycles. The number of hydrogen-bond acceptors (Lipinski definition) is 6. The molecule has 148 valence electrons. The van der Waals surface area contributed by atoms with E-state index in [1.807, 2.05) is 28.7 Å². The maximum Gasteiger partial charge on any atom is 0.508 e. The molecule has 0 aromatic heterocycles. The number of benzene rings is 2. The van der Waals surface area contributed by atoms with Crippen molar-refractivity contribution in [2.24, 2.45) is 0 Å². The normalized spacial score (nSPS) is 12.0. The van der Waals surface area contributed by atoms with Crippen molar-refractivity contribution < 1.29 is 29.2 Å². The molecular formula is C17H16Cl2I2O6. The SMILES string of the molecule is O=C1OCCO1.OCCOc1cc(Cl)ccc1I.Oc1cc(Cl)ccc1I. The first kappa shape index (κ1) is 24.3. The number of phenols is 1. The second-order valence-corrected chi connectivity index (χ2v) is 7.89. The molecule has 0 radical (unpaired) electrons. The van der Waals surface area contributed by atoms with Gasteiger partial charge < -0.3 is 24.4 Å². The van der Waals surface area contributed by atoms with E-state index >= 15 is 0 Å². The van der Waals surface area contributed by atoms with E-state index in [0.717, 1.165) is 12.9 Å². The highest BCUT2D eigenvalue weighted by Gasteiger charge is 2.09. The molecule has 1 saturated heterocycles. The van der Waals surface area contributed by atoms with Gasteiger partial charge in [-0.05, 0) is 81.6 Å². The maximum absolute atomic E-state index is 9.80. The van der Waals surface area contributed by atoms with Crippen LogP contribution in [0.25, 0.3) is 0 Å². The minimum atomic E-state index is -0.546. The number of hydrogen-bond donors (Lipinski definition) is 2. The summed E-state index contributed by atoms with van der Waals surface area (Å²) in [6.45, 7) is 1.15. The van der Waals surface area contributed by atoms with Crippen molar-refractivity contribution in [3.05, 3.63) is 53.6 Å². The molecule has 6 nitrogen and oxygen atoms in total. The molecule has 0 atom stereocenters. The van der Waals surface area contributed by atoms with Gasteiger partial charge in [-0.2, -0.15) is 0 Å². The smallest absolute Gasteiger partial charge is 0.507 e. The summed E-state index contributed by atoms with van der Waals surface area (Å²) < 4.78 is 15.6. The van der Waals surface area contributed by atoms with Gasteiger partial charge in [0.15, 0.2) is 0 Å². The summed E-state index contributed by atoms with van der Waals surface area (Å²) in [5, 5.41) is 18.7. The quantitative estimate of drug-likeness (QED) is 0.358. The van der Waals surface area contributed by atoms with E-state index in [1.165, 1.54) is 6.07 Å². The van der Waals surface area contributed by atoms with Gasteiger partial charge in [-0.25, -0.2) is 4.79 Å². The van der Waals surface area contributed by atoms with Crippen LogP contribution in [-0.4, -0.2) is 42.8 Å². The third-order valence-electron chi connectivity index (χ3n) is 2.67. The van der Waals surface area contributed by atoms with Crippen LogP contribution in [0.3, 0.4) is 0 Å². The lowest BCUT2D eigenvalue weighted by Gasteiger charge is -2.06. The van der Waals surface area contributed by atoms with Crippen LogP contribution in [0.1, 0.15) is 0 Å². The standard InChI is InChI=1S/C8H8ClIO2.C6H4ClIO.C3H4O3/c9-6-1-2-7(10)8(5-6)12-4-3-11;7-4-1-2-5(8)6(9)3-4;4-3-5-1-2-6-3/h1-2,5,11H,3-4H2;1-3,9H;1-2H2. The predicted octanol–water partition coefficient (Wildman–Crippen LogP) is 5.12. The number of aliphatic hydroxyl groups excluding tert-OH is 1. The summed E-state index contributed by atoms with van der Waals surface area (Å²) in [7, 11) is 0. The predicted molar refractivity (Wildman–Crippen MR) is 120 cm³/mol. The fourth-order valence-electron chi connectivity index (χ4n) is 1.52. The van der Waals surface area contributed by atoms with E-state index in [0.29, 0.717) is 29.9 Å². The van der Waals surface area contributed by atoms with E-state index in [9.17, 15) is 4.79 Å². The molecule has 0 aliphatic carbocycles. The van der Waals surface area contributed by atoms with Crippen molar-refractivity contribution in [3.63, 3.8) is 0 Å². The molecule has 0 spiro atoms. The molecular weight excluding hydrogens is 625 g/mol. The molecule has 0 saturated carbocycles. The monoisotopic (exact) mass is 640 g/mol. The summed E-state index contributed by atoms with van der Waals surface area (Å²) in [4.78, 5) is 9.80. The van der Waals surface area contributed by atoms with Crippen molar-refractivity contribution in [3.8, 4) is 11.5 Å². The van der Waals surface area contributed by atoms with Gasteiger partial charge >= 0.3 is 6.16 Å². The zero-order valence-electron chi connectivity index (χ0n) is 13.8. The Kier molecular flexibility index (Phi) is 12.2. The molecule has 0 unspecified atom stereocenters. The first-order valence-corrected chi connectivity index (χ1v) is 10.4. The molecule has 1 aliphatic rings. The zero-order chi connectivity index (χ0) is 20.2. The molecule has 10 heteroatoms. The van der Waals surface area contributed by atoms with Gasteiger partial charge in [0.1, 0.15) is 31.3 Å². The van der Waals surface area contributed by atoms with Crippen LogP contribution < -0.4 is 4.74 Å². The van der Waals surface area contributed by atoms with Crippen LogP contribution >= 0.6 is 68.4 Å². The fraction of sp³-hybridized carbons (Fsp3) is 0.235. The average Bonchev–Trinajstić information content (AvgIpc) is 3.11. The number of halogens is 4. The average molecular weight is 641 g/mol. The number of phenolic OH excluding ortho intramolecular Hbond substituents is 1. The zero-order valence-corrected chi connectivity index (χ0v) is 19.7. The van der Waals surface area contributed by atoms with Crippen LogP contribution in [0.4, 0.5) is 4.79 Å². The topological polar surface area (TPSA) is 85.2 Å². The lowest BCUT2D eigenvalue weighted by Crippen LogP contribution is -2.02. The summed E-state index contributed by atoms with van der Waals surface area (Å²) >= 11 is 15.5. The van der Waals surface area contributed by atoms with Gasteiger partial charge in [0, 0.05) is 10.0 Å². The Morgan fingerprint density at radius 3 is 2.00 bits per heavy atom. The van der Waals surface area contributed by atoms with Crippen LogP contribution in [0.5, 0.6) is 11.5 Å². The highest BCUT2D eigenvalue weighted by Crippen LogP contribution is 2.24. The molecule has 3 rings (SSSR count). The Bertz CT molecular complexity index is 737. The lowest BCUT2D eigenvalue weighted by atomic mass is 10.3. The number of carbonyl (C=O) groups excluding carboxylic acids is 1. The Morgan fingerprint density at radius 1 is 1.00 bits per heavy atom. The third kappa shape index (κ3) is 10.4. The number of aromatic hydroxyl groups is 1. The van der Waals surface area contributed by atoms with Crippen molar-refractivity contribution in [2.75, 3.05) is 26.4 Å². The highest BCUT2D eigenvalue weighted by atomic mass is 127. The summed E-state index contributed by atoms with van der Waals surface area (Å²) in [6.07, 6.45) is -0.546. The Hall–Kier alpha value is -0.690. The fourth-order valence-corrected chi connectivity index (χ4v) is 2.68. The van der Waals surface area contributed by atoms with Crippen molar-refractivity contribution >= 4 is 74.5 Å². The Morgan fingerprint density at radius 2 is 1.56 bits per heavy atom. The van der Waals surface area contributed by atoms with Crippen LogP contribution in [0, 0.1) is 7.14 Å². The number of cyclic esters (lactones) is 2. The molecule has 2 aromatic rings. The van der Waals surface area contributed by atoms with E-state index in [2.05, 4.69) is 32.1 Å². The minimum Gasteiger partial charge on any atom is -0.507 e. The molecule has 1 heterocycles. The number of ether oxygens (including phenoxy) is 3. The van der Waals surface area contributed by atoms with Gasteiger partial charge in [-0.15, -0.1) is 0 Å². The van der Waals surface area contributed by atoms with Gasteiger partial charge in [-0.3, -0.25) is 0 Å². The van der Waals surface area contributed by atoms with Crippen LogP contribution in [-0.2, 0) is 9.47 Å². The number of carbonyl (C=O) groups is 1. The number of aliphatic hydroxyl groups is 1.